The Labute approximate surface area is 159 Å². The van der Waals surface area contributed by atoms with E-state index in [1.54, 1.807) is 0 Å². The number of allylic oxidation sites excluding steroid dienone is 2. The van der Waals surface area contributed by atoms with Crippen molar-refractivity contribution in [2.24, 2.45) is 15.9 Å². The largest absolute Gasteiger partial charge is 0.381 e. The molecule has 1 unspecified atom stereocenters. The van der Waals surface area contributed by atoms with Gasteiger partial charge < -0.3 is 14.5 Å². The number of carbonyl (C=O) groups excluding carboxylic acids is 1. The Bertz CT molecular complexity index is 671. The zero-order chi connectivity index (χ0) is 17.9. The summed E-state index contributed by atoms with van der Waals surface area (Å²) in [4.78, 5) is 26.1. The Morgan fingerprint density at radius 1 is 1.19 bits per heavy atom. The van der Waals surface area contributed by atoms with Crippen LogP contribution in [0.5, 0.6) is 0 Å². The molecule has 2 fully saturated rings. The van der Waals surface area contributed by atoms with Crippen LogP contribution in [0, 0.1) is 5.92 Å². The van der Waals surface area contributed by atoms with Crippen molar-refractivity contribution in [1.29, 1.82) is 0 Å². The molecule has 2 saturated heterocycles. The molecule has 1 amide bonds. The first kappa shape index (κ1) is 17.9. The maximum Gasteiger partial charge on any atom is 0.260 e. The maximum absolute atomic E-state index is 12.4. The molecule has 0 aromatic heterocycles. The number of aliphatic imine (C=N–C) groups is 2. The summed E-state index contributed by atoms with van der Waals surface area (Å²) < 4.78 is 5.41. The Morgan fingerprint density at radius 3 is 2.73 bits per heavy atom. The Balaban J connectivity index is 1.43. The predicted octanol–water partition coefficient (Wildman–Crippen LogP) is 1.60. The molecule has 7 heteroatoms. The standard InChI is InChI=1S/C19H26N4O2S/c1-22-6-8-23(9-7-22)14-2-3-16-17(12-14)20-18(21-19(16)24)13-26-15-4-10-25-11-5-15/h2-3,12,15-16H,4-11,13H2,1H3. The van der Waals surface area contributed by atoms with E-state index in [4.69, 9.17) is 9.73 Å². The Morgan fingerprint density at radius 2 is 1.96 bits per heavy atom. The Hall–Kier alpha value is -1.44. The van der Waals surface area contributed by atoms with Crippen LogP contribution in [0.25, 0.3) is 0 Å². The SMILES string of the molecule is CN1CCN(C2=CC3=NC(CSC4CCOCC4)=NC(=O)C3C=C2)CC1. The molecule has 6 nitrogen and oxygen atoms in total. The van der Waals surface area contributed by atoms with Gasteiger partial charge in [-0.2, -0.15) is 16.8 Å². The molecule has 4 rings (SSSR count). The highest BCUT2D eigenvalue weighted by atomic mass is 32.2. The number of carbonyl (C=O) groups is 1. The van der Waals surface area contributed by atoms with Crippen LogP contribution in [0.4, 0.5) is 0 Å². The van der Waals surface area contributed by atoms with E-state index >= 15 is 0 Å². The second kappa shape index (κ2) is 8.06. The number of ether oxygens (including phenoxy) is 1. The minimum atomic E-state index is -0.303. The minimum Gasteiger partial charge on any atom is -0.381 e. The number of amidine groups is 1. The highest BCUT2D eigenvalue weighted by molar-refractivity contribution is 8.00. The molecule has 0 N–H and O–H groups in total. The van der Waals surface area contributed by atoms with E-state index in [1.807, 2.05) is 17.8 Å². The lowest BCUT2D eigenvalue weighted by atomic mass is 9.94. The third-order valence-electron chi connectivity index (χ3n) is 5.32. The molecule has 4 aliphatic rings. The van der Waals surface area contributed by atoms with E-state index in [1.165, 1.54) is 5.70 Å². The molecular weight excluding hydrogens is 348 g/mol. The summed E-state index contributed by atoms with van der Waals surface area (Å²) in [5.41, 5.74) is 2.02. The molecule has 3 heterocycles. The number of amides is 1. The summed E-state index contributed by atoms with van der Waals surface area (Å²) in [6, 6.07) is 0. The van der Waals surface area contributed by atoms with Gasteiger partial charge in [0.15, 0.2) is 0 Å². The first-order valence-corrected chi connectivity index (χ1v) is 10.5. The zero-order valence-electron chi connectivity index (χ0n) is 15.3. The summed E-state index contributed by atoms with van der Waals surface area (Å²) in [6.45, 7) is 5.82. The third kappa shape index (κ3) is 4.10. The molecule has 0 radical (unpaired) electrons. The zero-order valence-corrected chi connectivity index (χ0v) is 16.1. The summed E-state index contributed by atoms with van der Waals surface area (Å²) in [5.74, 6) is 0.987. The van der Waals surface area contributed by atoms with Crippen LogP contribution >= 0.6 is 11.8 Å². The number of likely N-dealkylation sites (N-methyl/N-ethyl adjacent to an activating group) is 1. The van der Waals surface area contributed by atoms with Gasteiger partial charge in [-0.05, 0) is 32.0 Å². The van der Waals surface area contributed by atoms with Gasteiger partial charge in [0.1, 0.15) is 11.8 Å². The highest BCUT2D eigenvalue weighted by Crippen LogP contribution is 2.26. The number of fused-ring (bicyclic) bond motifs is 1. The van der Waals surface area contributed by atoms with Gasteiger partial charge in [0, 0.05) is 50.3 Å². The summed E-state index contributed by atoms with van der Waals surface area (Å²) in [6.07, 6.45) is 8.25. The molecule has 0 bridgehead atoms. The summed E-state index contributed by atoms with van der Waals surface area (Å²) >= 11 is 1.85. The van der Waals surface area contributed by atoms with Crippen LogP contribution in [-0.4, -0.2) is 84.7 Å². The van der Waals surface area contributed by atoms with Gasteiger partial charge in [-0.25, -0.2) is 4.99 Å². The monoisotopic (exact) mass is 374 g/mol. The van der Waals surface area contributed by atoms with Crippen LogP contribution in [0.3, 0.4) is 0 Å². The molecule has 0 aromatic carbocycles. The molecular formula is C19H26N4O2S. The van der Waals surface area contributed by atoms with Crippen molar-refractivity contribution in [3.8, 4) is 0 Å². The summed E-state index contributed by atoms with van der Waals surface area (Å²) in [5, 5.41) is 0.585. The number of rotatable bonds is 4. The van der Waals surface area contributed by atoms with Crippen LogP contribution in [-0.2, 0) is 9.53 Å². The van der Waals surface area contributed by atoms with Crippen LogP contribution in [0.15, 0.2) is 33.9 Å². The lowest BCUT2D eigenvalue weighted by Crippen LogP contribution is -2.44. The van der Waals surface area contributed by atoms with Crippen molar-refractivity contribution < 1.29 is 9.53 Å². The van der Waals surface area contributed by atoms with Crippen molar-refractivity contribution in [2.75, 3.05) is 52.2 Å². The lowest BCUT2D eigenvalue weighted by molar-refractivity contribution is -0.118. The van der Waals surface area contributed by atoms with Crippen LogP contribution < -0.4 is 0 Å². The van der Waals surface area contributed by atoms with Gasteiger partial charge in [-0.15, -0.1) is 0 Å². The predicted molar refractivity (Wildman–Crippen MR) is 106 cm³/mol. The first-order valence-electron chi connectivity index (χ1n) is 9.42. The fraction of sp³-hybridized carbons (Fsp3) is 0.632. The molecule has 1 atom stereocenters. The highest BCUT2D eigenvalue weighted by Gasteiger charge is 2.29. The fourth-order valence-corrected chi connectivity index (χ4v) is 4.66. The molecule has 0 spiro atoms. The number of piperazine rings is 1. The molecule has 140 valence electrons. The lowest BCUT2D eigenvalue weighted by Gasteiger charge is -2.36. The van der Waals surface area contributed by atoms with Crippen molar-refractivity contribution in [1.82, 2.24) is 9.80 Å². The molecule has 1 aliphatic carbocycles. The quantitative estimate of drug-likeness (QED) is 0.748. The number of hydrogen-bond donors (Lipinski definition) is 0. The average Bonchev–Trinajstić information content (AvgIpc) is 2.67. The third-order valence-corrected chi connectivity index (χ3v) is 6.69. The number of hydrogen-bond acceptors (Lipinski definition) is 6. The normalized spacial score (nSPS) is 27.7. The van der Waals surface area contributed by atoms with Crippen LogP contribution in [0.2, 0.25) is 0 Å². The van der Waals surface area contributed by atoms with Gasteiger partial charge in [0.25, 0.3) is 5.91 Å². The molecule has 0 saturated carbocycles. The van der Waals surface area contributed by atoms with Gasteiger partial charge in [0.2, 0.25) is 0 Å². The second-order valence-corrected chi connectivity index (χ2v) is 8.51. The Kier molecular flexibility index (Phi) is 5.57. The smallest absolute Gasteiger partial charge is 0.260 e. The van der Waals surface area contributed by atoms with E-state index in [0.29, 0.717) is 16.8 Å². The van der Waals surface area contributed by atoms with Gasteiger partial charge in [0.05, 0.1) is 11.5 Å². The summed E-state index contributed by atoms with van der Waals surface area (Å²) in [7, 11) is 2.15. The van der Waals surface area contributed by atoms with Crippen molar-refractivity contribution in [3.63, 3.8) is 0 Å². The minimum absolute atomic E-state index is 0.0810. The van der Waals surface area contributed by atoms with E-state index in [-0.39, 0.29) is 11.8 Å². The topological polar surface area (TPSA) is 57.5 Å². The molecule has 3 aliphatic heterocycles. The van der Waals surface area contributed by atoms with Gasteiger partial charge in [-0.1, -0.05) is 6.08 Å². The molecule has 26 heavy (non-hydrogen) atoms. The van der Waals surface area contributed by atoms with Gasteiger partial charge in [-0.3, -0.25) is 4.79 Å². The van der Waals surface area contributed by atoms with E-state index in [2.05, 4.69) is 34.0 Å². The first-order chi connectivity index (χ1) is 12.7. The van der Waals surface area contributed by atoms with Gasteiger partial charge >= 0.3 is 0 Å². The van der Waals surface area contributed by atoms with Crippen molar-refractivity contribution in [2.45, 2.75) is 18.1 Å². The van der Waals surface area contributed by atoms with Crippen molar-refractivity contribution >= 4 is 29.2 Å². The average molecular weight is 375 g/mol. The van der Waals surface area contributed by atoms with E-state index in [0.717, 1.165) is 57.9 Å². The van der Waals surface area contributed by atoms with E-state index in [9.17, 15) is 4.79 Å². The van der Waals surface area contributed by atoms with Crippen molar-refractivity contribution in [3.05, 3.63) is 23.9 Å². The molecule has 0 aromatic rings. The fourth-order valence-electron chi connectivity index (χ4n) is 3.63. The van der Waals surface area contributed by atoms with Crippen LogP contribution in [0.1, 0.15) is 12.8 Å². The second-order valence-electron chi connectivity index (χ2n) is 7.22. The number of thioether (sulfide) groups is 1. The van der Waals surface area contributed by atoms with E-state index < -0.39 is 0 Å². The number of nitrogens with zero attached hydrogens (tertiary/aromatic N) is 4. The maximum atomic E-state index is 12.4.